The first kappa shape index (κ1) is 30.1. The summed E-state index contributed by atoms with van der Waals surface area (Å²) in [4.78, 5) is 2.48. The van der Waals surface area contributed by atoms with Crippen molar-refractivity contribution in [3.63, 3.8) is 0 Å². The molecule has 0 bridgehead atoms. The molecule has 9 aromatic carbocycles. The molecule has 1 aliphatic heterocycles. The predicted molar refractivity (Wildman–Crippen MR) is 232 cm³/mol. The number of nitrogens with zero attached hydrogens (tertiary/aromatic N) is 3. The summed E-state index contributed by atoms with van der Waals surface area (Å²) in [5.41, 5.74) is 15.5. The molecule has 3 heterocycles. The molecule has 256 valence electrons. The van der Waals surface area contributed by atoms with E-state index in [2.05, 4.69) is 214 Å². The Morgan fingerprint density at radius 1 is 0.273 bits per heavy atom. The lowest BCUT2D eigenvalue weighted by atomic mass is 9.91. The van der Waals surface area contributed by atoms with Crippen molar-refractivity contribution >= 4 is 71.4 Å². The summed E-state index contributed by atoms with van der Waals surface area (Å²) in [7, 11) is 0. The molecule has 3 heteroatoms. The number of para-hydroxylation sites is 4. The van der Waals surface area contributed by atoms with Crippen molar-refractivity contribution in [2.45, 2.75) is 0 Å². The van der Waals surface area contributed by atoms with Crippen LogP contribution in [0.15, 0.2) is 200 Å². The smallest absolute Gasteiger partial charge is 0.0561 e. The van der Waals surface area contributed by atoms with Crippen LogP contribution in [0.4, 0.5) is 17.1 Å². The topological polar surface area (TPSA) is 13.1 Å². The lowest BCUT2D eigenvalue weighted by Gasteiger charge is -2.28. The van der Waals surface area contributed by atoms with Gasteiger partial charge in [-0.1, -0.05) is 140 Å². The van der Waals surface area contributed by atoms with Gasteiger partial charge in [0, 0.05) is 49.7 Å². The van der Waals surface area contributed by atoms with Crippen molar-refractivity contribution in [2.24, 2.45) is 0 Å². The number of hydrogen-bond donors (Lipinski definition) is 0. The summed E-state index contributed by atoms with van der Waals surface area (Å²) in [5.74, 6) is 0. The van der Waals surface area contributed by atoms with Crippen LogP contribution < -0.4 is 4.90 Å². The zero-order valence-electron chi connectivity index (χ0n) is 29.9. The summed E-state index contributed by atoms with van der Waals surface area (Å²) in [5, 5.41) is 7.47. The largest absolute Gasteiger partial charge is 0.309 e. The minimum atomic E-state index is 1.12. The Kier molecular flexibility index (Phi) is 6.34. The van der Waals surface area contributed by atoms with Crippen molar-refractivity contribution in [1.29, 1.82) is 0 Å². The van der Waals surface area contributed by atoms with Crippen molar-refractivity contribution in [3.05, 3.63) is 200 Å². The molecule has 0 spiro atoms. The quantitative estimate of drug-likeness (QED) is 0.179. The fourth-order valence-corrected chi connectivity index (χ4v) is 9.30. The van der Waals surface area contributed by atoms with Gasteiger partial charge < -0.3 is 14.0 Å². The van der Waals surface area contributed by atoms with Gasteiger partial charge in [-0.3, -0.25) is 0 Å². The molecule has 0 saturated heterocycles. The second kappa shape index (κ2) is 11.6. The molecular formula is C52H33N3. The molecule has 0 fully saturated rings. The normalized spacial score (nSPS) is 12.3. The van der Waals surface area contributed by atoms with E-state index in [1.54, 1.807) is 0 Å². The van der Waals surface area contributed by atoms with E-state index in [0.29, 0.717) is 0 Å². The van der Waals surface area contributed by atoms with Gasteiger partial charge in [0.05, 0.1) is 33.4 Å². The summed E-state index contributed by atoms with van der Waals surface area (Å²) in [6.07, 6.45) is 0. The van der Waals surface area contributed by atoms with Gasteiger partial charge in [0.2, 0.25) is 0 Å². The third-order valence-electron chi connectivity index (χ3n) is 11.6. The number of fused-ring (bicyclic) bond motifs is 13. The molecule has 0 atom stereocenters. The van der Waals surface area contributed by atoms with E-state index in [9.17, 15) is 0 Å². The number of anilines is 3. The van der Waals surface area contributed by atoms with E-state index in [1.807, 2.05) is 0 Å². The van der Waals surface area contributed by atoms with Crippen molar-refractivity contribution in [1.82, 2.24) is 9.13 Å². The maximum atomic E-state index is 2.48. The molecular weight excluding hydrogens is 667 g/mol. The SMILES string of the molecule is c1ccc(-n2c3cc(N4c5ccccc5-c5ccccc5-c5c4ccc4ccccc54)ccc3c3ccc(-n4c5ccccc5c5ccccc54)cc32)cc1. The molecule has 0 amide bonds. The monoisotopic (exact) mass is 699 g/mol. The number of hydrogen-bond acceptors (Lipinski definition) is 1. The van der Waals surface area contributed by atoms with Crippen LogP contribution in [0.1, 0.15) is 0 Å². The third-order valence-corrected chi connectivity index (χ3v) is 11.6. The molecule has 0 N–H and O–H groups in total. The van der Waals surface area contributed by atoms with Gasteiger partial charge in [-0.2, -0.15) is 0 Å². The predicted octanol–water partition coefficient (Wildman–Crippen LogP) is 14.2. The highest BCUT2D eigenvalue weighted by molar-refractivity contribution is 6.15. The van der Waals surface area contributed by atoms with E-state index < -0.39 is 0 Å². The Morgan fingerprint density at radius 2 is 0.800 bits per heavy atom. The number of benzene rings is 9. The van der Waals surface area contributed by atoms with Crippen LogP contribution in [-0.4, -0.2) is 9.13 Å². The molecule has 0 aliphatic carbocycles. The first-order valence-corrected chi connectivity index (χ1v) is 18.9. The minimum absolute atomic E-state index is 1.12. The molecule has 1 aliphatic rings. The van der Waals surface area contributed by atoms with Crippen molar-refractivity contribution in [3.8, 4) is 33.6 Å². The van der Waals surface area contributed by atoms with Crippen LogP contribution in [0.5, 0.6) is 0 Å². The summed E-state index contributed by atoms with van der Waals surface area (Å²) < 4.78 is 4.86. The molecule has 3 nitrogen and oxygen atoms in total. The van der Waals surface area contributed by atoms with Gasteiger partial charge in [-0.25, -0.2) is 0 Å². The number of rotatable bonds is 3. The molecule has 0 unspecified atom stereocenters. The van der Waals surface area contributed by atoms with Crippen LogP contribution >= 0.6 is 0 Å². The Morgan fingerprint density at radius 3 is 1.55 bits per heavy atom. The molecule has 12 rings (SSSR count). The Bertz CT molecular complexity index is 3280. The lowest BCUT2D eigenvalue weighted by molar-refractivity contribution is 1.15. The van der Waals surface area contributed by atoms with Gasteiger partial charge in [0.1, 0.15) is 0 Å². The molecule has 11 aromatic rings. The maximum absolute atomic E-state index is 2.48. The fraction of sp³-hybridized carbons (Fsp3) is 0. The second-order valence-electron chi connectivity index (χ2n) is 14.5. The molecule has 0 saturated carbocycles. The molecule has 0 radical (unpaired) electrons. The second-order valence-corrected chi connectivity index (χ2v) is 14.5. The summed E-state index contributed by atoms with van der Waals surface area (Å²) in [6, 6.07) is 73.4. The van der Waals surface area contributed by atoms with E-state index >= 15 is 0 Å². The van der Waals surface area contributed by atoms with Crippen molar-refractivity contribution < 1.29 is 0 Å². The Labute approximate surface area is 318 Å². The maximum Gasteiger partial charge on any atom is 0.0561 e. The van der Waals surface area contributed by atoms with Gasteiger partial charge in [-0.15, -0.1) is 0 Å². The summed E-state index contributed by atoms with van der Waals surface area (Å²) >= 11 is 0. The molecule has 55 heavy (non-hydrogen) atoms. The first-order chi connectivity index (χ1) is 27.3. The third kappa shape index (κ3) is 4.32. The van der Waals surface area contributed by atoms with Crippen molar-refractivity contribution in [2.75, 3.05) is 4.90 Å². The van der Waals surface area contributed by atoms with E-state index in [1.165, 1.54) is 88.0 Å². The molecule has 2 aromatic heterocycles. The highest BCUT2D eigenvalue weighted by atomic mass is 15.2. The van der Waals surface area contributed by atoms with Gasteiger partial charge in [0.15, 0.2) is 0 Å². The van der Waals surface area contributed by atoms with E-state index in [0.717, 1.165) is 17.1 Å². The highest BCUT2D eigenvalue weighted by Gasteiger charge is 2.28. The van der Waals surface area contributed by atoms with Gasteiger partial charge in [0.25, 0.3) is 0 Å². The van der Waals surface area contributed by atoms with Crippen LogP contribution in [0.25, 0.3) is 88.0 Å². The fourth-order valence-electron chi connectivity index (χ4n) is 9.30. The standard InChI is InChI=1S/C52H33N3/c1-2-15-35(16-3-1)53-50-32-36(54-47-24-12-9-20-41(47)42-21-10-13-25-48(42)54)27-29-43(50)44-30-28-37(33-51(44)53)55-46-23-11-8-19-40(46)39-18-6-7-22-45(39)52-38-17-5-4-14-34(38)26-31-49(52)55/h1-33H. The zero-order valence-corrected chi connectivity index (χ0v) is 29.9. The van der Waals surface area contributed by atoms with Crippen LogP contribution in [0, 0.1) is 0 Å². The van der Waals surface area contributed by atoms with Crippen LogP contribution in [0.2, 0.25) is 0 Å². The Hall–Kier alpha value is -7.36. The average Bonchev–Trinajstić information content (AvgIpc) is 3.72. The highest BCUT2D eigenvalue weighted by Crippen LogP contribution is 2.53. The van der Waals surface area contributed by atoms with Crippen LogP contribution in [-0.2, 0) is 0 Å². The first-order valence-electron chi connectivity index (χ1n) is 18.9. The Balaban J connectivity index is 1.15. The van der Waals surface area contributed by atoms with E-state index in [-0.39, 0.29) is 0 Å². The zero-order chi connectivity index (χ0) is 36.0. The van der Waals surface area contributed by atoms with Gasteiger partial charge >= 0.3 is 0 Å². The minimum Gasteiger partial charge on any atom is -0.309 e. The lowest BCUT2D eigenvalue weighted by Crippen LogP contribution is -2.11. The van der Waals surface area contributed by atoms with Crippen LogP contribution in [0.3, 0.4) is 0 Å². The van der Waals surface area contributed by atoms with E-state index in [4.69, 9.17) is 0 Å². The summed E-state index contributed by atoms with van der Waals surface area (Å²) in [6.45, 7) is 0. The number of aromatic nitrogens is 2. The van der Waals surface area contributed by atoms with Gasteiger partial charge in [-0.05, 0) is 82.6 Å². The average molecular weight is 700 g/mol.